The molecule has 0 fully saturated rings. The van der Waals surface area contributed by atoms with Crippen LogP contribution in [0, 0.1) is 0 Å². The zero-order valence-electron chi connectivity index (χ0n) is 18.8. The van der Waals surface area contributed by atoms with E-state index in [2.05, 4.69) is 22.0 Å². The number of anilines is 1. The van der Waals surface area contributed by atoms with E-state index < -0.39 is 19.3 Å². The molecule has 1 atom stereocenters. The Morgan fingerprint density at radius 3 is 2.42 bits per heavy atom. The minimum absolute atomic E-state index is 0.103. The SMILES string of the molecule is CC1=NC(c2ccc(-c3cnc(N)c4ccc(C(=O)N(CCF)CCF)cc34)cc2)CN1C. The minimum Gasteiger partial charge on any atom is -0.383 e. The lowest BCUT2D eigenvalue weighted by Crippen LogP contribution is -2.34. The number of benzene rings is 2. The van der Waals surface area contributed by atoms with Crippen molar-refractivity contribution in [2.24, 2.45) is 4.99 Å². The Labute approximate surface area is 191 Å². The van der Waals surface area contributed by atoms with Crippen LogP contribution in [0.4, 0.5) is 14.6 Å². The van der Waals surface area contributed by atoms with Crippen molar-refractivity contribution in [3.8, 4) is 11.1 Å². The van der Waals surface area contributed by atoms with Crippen molar-refractivity contribution in [2.45, 2.75) is 13.0 Å². The third-order valence-corrected chi connectivity index (χ3v) is 6.11. The van der Waals surface area contributed by atoms with Gasteiger partial charge < -0.3 is 15.5 Å². The van der Waals surface area contributed by atoms with Gasteiger partial charge in [0.2, 0.25) is 0 Å². The van der Waals surface area contributed by atoms with Crippen LogP contribution >= 0.6 is 0 Å². The van der Waals surface area contributed by atoms with Crippen LogP contribution in [-0.2, 0) is 0 Å². The molecule has 8 heteroatoms. The minimum atomic E-state index is -0.728. The number of halogens is 2. The number of nitrogens with zero attached hydrogens (tertiary/aromatic N) is 4. The Balaban J connectivity index is 1.71. The third-order valence-electron chi connectivity index (χ3n) is 6.11. The molecule has 2 N–H and O–H groups in total. The molecule has 0 spiro atoms. The monoisotopic (exact) mass is 451 g/mol. The van der Waals surface area contributed by atoms with Gasteiger partial charge in [-0.05, 0) is 41.6 Å². The number of amides is 1. The lowest BCUT2D eigenvalue weighted by Gasteiger charge is -2.20. The van der Waals surface area contributed by atoms with E-state index >= 15 is 0 Å². The van der Waals surface area contributed by atoms with Crippen molar-refractivity contribution in [3.05, 3.63) is 59.8 Å². The average molecular weight is 452 g/mol. The maximum absolute atomic E-state index is 12.9. The predicted octanol–water partition coefficient (Wildman–Crippen LogP) is 4.27. The predicted molar refractivity (Wildman–Crippen MR) is 128 cm³/mol. The van der Waals surface area contributed by atoms with Crippen molar-refractivity contribution < 1.29 is 13.6 Å². The number of carbonyl (C=O) groups excluding carboxylic acids is 1. The van der Waals surface area contributed by atoms with Gasteiger partial charge >= 0.3 is 0 Å². The molecule has 0 saturated heterocycles. The van der Waals surface area contributed by atoms with E-state index in [1.807, 2.05) is 26.1 Å². The topological polar surface area (TPSA) is 74.8 Å². The summed E-state index contributed by atoms with van der Waals surface area (Å²) in [7, 11) is 2.03. The molecule has 1 unspecified atom stereocenters. The maximum Gasteiger partial charge on any atom is 0.254 e. The highest BCUT2D eigenvalue weighted by molar-refractivity contribution is 6.06. The van der Waals surface area contributed by atoms with E-state index in [9.17, 15) is 13.6 Å². The number of rotatable bonds is 7. The Bertz CT molecular complexity index is 1190. The lowest BCUT2D eigenvalue weighted by atomic mass is 9.96. The van der Waals surface area contributed by atoms with E-state index in [1.54, 1.807) is 24.4 Å². The highest BCUT2D eigenvalue weighted by Crippen LogP contribution is 2.33. The summed E-state index contributed by atoms with van der Waals surface area (Å²) >= 11 is 0. The Hall–Kier alpha value is -3.55. The van der Waals surface area contributed by atoms with Crippen LogP contribution in [0.25, 0.3) is 21.9 Å². The van der Waals surface area contributed by atoms with Gasteiger partial charge in [0.1, 0.15) is 19.2 Å². The summed E-state index contributed by atoms with van der Waals surface area (Å²) < 4.78 is 25.7. The molecule has 0 radical (unpaired) electrons. The molecular weight excluding hydrogens is 424 g/mol. The van der Waals surface area contributed by atoms with Crippen LogP contribution in [-0.4, -0.2) is 66.6 Å². The molecule has 0 aliphatic carbocycles. The molecule has 3 aromatic rings. The van der Waals surface area contributed by atoms with Crippen molar-refractivity contribution in [2.75, 3.05) is 45.8 Å². The highest BCUT2D eigenvalue weighted by atomic mass is 19.1. The quantitative estimate of drug-likeness (QED) is 0.582. The summed E-state index contributed by atoms with van der Waals surface area (Å²) in [4.78, 5) is 25.2. The van der Waals surface area contributed by atoms with Gasteiger partial charge in [0, 0.05) is 49.4 Å². The molecule has 0 saturated carbocycles. The number of aromatic nitrogens is 1. The molecule has 1 amide bonds. The molecule has 2 heterocycles. The van der Waals surface area contributed by atoms with Crippen molar-refractivity contribution >= 4 is 28.3 Å². The molecule has 1 aromatic heterocycles. The third kappa shape index (κ3) is 4.51. The first kappa shape index (κ1) is 22.6. The summed E-state index contributed by atoms with van der Waals surface area (Å²) in [5, 5.41) is 1.48. The van der Waals surface area contributed by atoms with E-state index in [-0.39, 0.29) is 19.1 Å². The number of hydrogen-bond donors (Lipinski definition) is 1. The molecule has 4 rings (SSSR count). The highest BCUT2D eigenvalue weighted by Gasteiger charge is 2.21. The average Bonchev–Trinajstić information content (AvgIpc) is 3.17. The van der Waals surface area contributed by atoms with Gasteiger partial charge in [0.05, 0.1) is 11.9 Å². The smallest absolute Gasteiger partial charge is 0.254 e. The second-order valence-electron chi connectivity index (χ2n) is 8.18. The van der Waals surface area contributed by atoms with Crippen LogP contribution in [0.5, 0.6) is 0 Å². The van der Waals surface area contributed by atoms with Crippen LogP contribution in [0.15, 0.2) is 53.7 Å². The van der Waals surface area contributed by atoms with Crippen LogP contribution in [0.2, 0.25) is 0 Å². The number of aliphatic imine (C=N–C) groups is 1. The van der Waals surface area contributed by atoms with Gasteiger partial charge in [-0.1, -0.05) is 24.3 Å². The van der Waals surface area contributed by atoms with Crippen LogP contribution in [0.1, 0.15) is 28.9 Å². The van der Waals surface area contributed by atoms with E-state index in [0.717, 1.165) is 34.5 Å². The largest absolute Gasteiger partial charge is 0.383 e. The Morgan fingerprint density at radius 1 is 1.12 bits per heavy atom. The number of alkyl halides is 2. The lowest BCUT2D eigenvalue weighted by molar-refractivity contribution is 0.0733. The van der Waals surface area contributed by atoms with Gasteiger partial charge in [0.25, 0.3) is 5.91 Å². The van der Waals surface area contributed by atoms with Crippen molar-refractivity contribution in [1.29, 1.82) is 0 Å². The standard InChI is InChI=1S/C25H27F2N5O/c1-16-30-23(15-31(16)2)18-5-3-17(4-6-18)22-14-29-24(28)20-8-7-19(13-21(20)22)25(33)32(11-9-26)12-10-27/h3-8,13-14,23H,9-12,15H2,1-2H3,(H2,28,29). The second kappa shape index (κ2) is 9.52. The molecule has 1 aliphatic rings. The summed E-state index contributed by atoms with van der Waals surface area (Å²) in [6, 6.07) is 13.3. The number of nitrogens with two attached hydrogens (primary N) is 1. The fourth-order valence-corrected chi connectivity index (χ4v) is 4.15. The number of amidine groups is 1. The van der Waals surface area contributed by atoms with E-state index in [1.165, 1.54) is 4.90 Å². The van der Waals surface area contributed by atoms with Gasteiger partial charge in [-0.2, -0.15) is 0 Å². The summed E-state index contributed by atoms with van der Waals surface area (Å²) in [6.07, 6.45) is 1.69. The number of carbonyl (C=O) groups is 1. The Kier molecular flexibility index (Phi) is 6.53. The number of pyridine rings is 1. The van der Waals surface area contributed by atoms with Gasteiger partial charge in [-0.3, -0.25) is 9.79 Å². The fraction of sp³-hybridized carbons (Fsp3) is 0.320. The van der Waals surface area contributed by atoms with E-state index in [4.69, 9.17) is 10.7 Å². The molecular formula is C25H27F2N5O. The first-order valence-electron chi connectivity index (χ1n) is 10.9. The zero-order valence-corrected chi connectivity index (χ0v) is 18.8. The first-order chi connectivity index (χ1) is 15.9. The number of nitrogen functional groups attached to an aromatic ring is 1. The maximum atomic E-state index is 12.9. The van der Waals surface area contributed by atoms with Crippen molar-refractivity contribution in [3.63, 3.8) is 0 Å². The van der Waals surface area contributed by atoms with Gasteiger partial charge in [-0.25, -0.2) is 13.8 Å². The molecule has 0 bridgehead atoms. The zero-order chi connectivity index (χ0) is 23.5. The van der Waals surface area contributed by atoms with Crippen molar-refractivity contribution in [1.82, 2.24) is 14.8 Å². The Morgan fingerprint density at radius 2 is 1.82 bits per heavy atom. The normalized spacial score (nSPS) is 15.7. The first-order valence-corrected chi connectivity index (χ1v) is 10.9. The molecule has 172 valence electrons. The van der Waals surface area contributed by atoms with E-state index in [0.29, 0.717) is 16.8 Å². The second-order valence-corrected chi connectivity index (χ2v) is 8.18. The summed E-state index contributed by atoms with van der Waals surface area (Å²) in [5.74, 6) is 0.958. The molecule has 1 aliphatic heterocycles. The van der Waals surface area contributed by atoms with Gasteiger partial charge in [-0.15, -0.1) is 0 Å². The number of hydrogen-bond acceptors (Lipinski definition) is 5. The summed E-state index contributed by atoms with van der Waals surface area (Å²) in [6.45, 7) is 1.10. The molecule has 6 nitrogen and oxygen atoms in total. The van der Waals surface area contributed by atoms with Crippen LogP contribution < -0.4 is 5.73 Å². The molecule has 2 aromatic carbocycles. The fourth-order valence-electron chi connectivity index (χ4n) is 4.15. The molecule has 33 heavy (non-hydrogen) atoms. The number of likely N-dealkylation sites (N-methyl/N-ethyl adjacent to an activating group) is 1. The van der Waals surface area contributed by atoms with Gasteiger partial charge in [0.15, 0.2) is 0 Å². The summed E-state index contributed by atoms with van der Waals surface area (Å²) in [5.41, 5.74) is 9.32. The number of fused-ring (bicyclic) bond motifs is 1. The van der Waals surface area contributed by atoms with Crippen LogP contribution in [0.3, 0.4) is 0 Å².